The van der Waals surface area contributed by atoms with Gasteiger partial charge in [0.25, 0.3) is 0 Å². The third-order valence-electron chi connectivity index (χ3n) is 16.9. The van der Waals surface area contributed by atoms with Crippen molar-refractivity contribution in [3.05, 3.63) is 310 Å². The fraction of sp³-hybridized carbons (Fsp3) is 0. The molecule has 0 amide bonds. The molecule has 0 saturated carbocycles. The van der Waals surface area contributed by atoms with E-state index in [1.807, 2.05) is 122 Å². The van der Waals surface area contributed by atoms with Crippen LogP contribution in [0.3, 0.4) is 0 Å². The Balaban J connectivity index is 0.981. The summed E-state index contributed by atoms with van der Waals surface area (Å²) in [5, 5.41) is 14.7. The number of nitriles is 1. The molecule has 410 valence electrons. The van der Waals surface area contributed by atoms with Crippen LogP contribution in [0, 0.1) is 11.3 Å². The van der Waals surface area contributed by atoms with Gasteiger partial charge in [-0.05, 0) is 135 Å². The molecule has 7 aromatic heterocycles. The zero-order chi connectivity index (χ0) is 58.5. The molecule has 0 fully saturated rings. The number of benzene rings is 9. The molecule has 0 saturated heterocycles. The summed E-state index contributed by atoms with van der Waals surface area (Å²) in [6, 6.07) is 95.9. The summed E-state index contributed by atoms with van der Waals surface area (Å²) >= 11 is 0. The molecular weight excluding hydrogens is 1070 g/mol. The Bertz CT molecular complexity index is 4790. The quantitative estimate of drug-likeness (QED) is 0.128. The maximum absolute atomic E-state index is 10.3. The lowest BCUT2D eigenvalue weighted by molar-refractivity contribution is 1.09. The van der Waals surface area contributed by atoms with Gasteiger partial charge in [0.15, 0.2) is 0 Å². The van der Waals surface area contributed by atoms with Crippen molar-refractivity contribution >= 4 is 43.6 Å². The summed E-state index contributed by atoms with van der Waals surface area (Å²) in [5.41, 5.74) is 24.3. The van der Waals surface area contributed by atoms with Crippen molar-refractivity contribution in [2.75, 3.05) is 0 Å². The van der Waals surface area contributed by atoms with Crippen molar-refractivity contribution in [3.8, 4) is 118 Å². The summed E-state index contributed by atoms with van der Waals surface area (Å²) in [4.78, 5) is 24.6. The van der Waals surface area contributed by atoms with E-state index in [1.54, 1.807) is 0 Å². The number of pyridine rings is 5. The Hall–Kier alpha value is -12.2. The number of hydrogen-bond acceptors (Lipinski definition) is 6. The zero-order valence-electron chi connectivity index (χ0n) is 47.4. The van der Waals surface area contributed by atoms with Crippen molar-refractivity contribution in [1.82, 2.24) is 34.1 Å². The first-order valence-corrected chi connectivity index (χ1v) is 29.3. The summed E-state index contributed by atoms with van der Waals surface area (Å²) in [6.07, 6.45) is 11.6. The molecule has 8 nitrogen and oxygen atoms in total. The van der Waals surface area contributed by atoms with Gasteiger partial charge < -0.3 is 9.13 Å². The average Bonchev–Trinajstić information content (AvgIpc) is 1.66. The van der Waals surface area contributed by atoms with Crippen LogP contribution in [0.5, 0.6) is 0 Å². The smallest absolute Gasteiger partial charge is 0.0991 e. The minimum atomic E-state index is 0.567. The fourth-order valence-corrected chi connectivity index (χ4v) is 12.6. The summed E-state index contributed by atoms with van der Waals surface area (Å²) in [5.74, 6) is 0. The van der Waals surface area contributed by atoms with Crippen LogP contribution in [0.1, 0.15) is 5.56 Å². The minimum absolute atomic E-state index is 0.567. The van der Waals surface area contributed by atoms with Gasteiger partial charge in [0.1, 0.15) is 0 Å². The van der Waals surface area contributed by atoms with Crippen molar-refractivity contribution in [2.45, 2.75) is 0 Å². The maximum atomic E-state index is 10.3. The highest BCUT2D eigenvalue weighted by Gasteiger charge is 2.25. The molecule has 0 unspecified atom stereocenters. The van der Waals surface area contributed by atoms with Gasteiger partial charge in [0.2, 0.25) is 0 Å². The second kappa shape index (κ2) is 21.8. The molecule has 0 bridgehead atoms. The predicted molar refractivity (Wildman–Crippen MR) is 358 cm³/mol. The Morgan fingerprint density at radius 1 is 0.261 bits per heavy atom. The molecule has 16 rings (SSSR count). The molecule has 0 N–H and O–H groups in total. The molecule has 0 radical (unpaired) electrons. The van der Waals surface area contributed by atoms with Crippen LogP contribution in [-0.4, -0.2) is 34.1 Å². The van der Waals surface area contributed by atoms with Crippen LogP contribution in [0.15, 0.2) is 304 Å². The minimum Gasteiger partial charge on any atom is -0.307 e. The topological polar surface area (TPSA) is 98.1 Å². The van der Waals surface area contributed by atoms with E-state index >= 15 is 0 Å². The molecular formula is C80H50N8. The highest BCUT2D eigenvalue weighted by Crippen LogP contribution is 2.45. The largest absolute Gasteiger partial charge is 0.307 e. The van der Waals surface area contributed by atoms with Crippen LogP contribution in [0.25, 0.3) is 156 Å². The third-order valence-corrected chi connectivity index (χ3v) is 16.9. The van der Waals surface area contributed by atoms with E-state index in [1.165, 1.54) is 0 Å². The SMILES string of the molecule is N#Cc1ccc(-c2c(-n3c4cc(-c5ccnc(-c6ccccc6)c5)ccc4c4ccc(-c5ccnc(-c6ccccc6)c5)cc43)cncc2-n2c3cc(-c4ccnc(-c5ccccc5)c4)ccc3c3ccc(-c4ccnc(-c5ccccc5)c4)cc32)cc1. The Morgan fingerprint density at radius 3 is 0.818 bits per heavy atom. The first-order chi connectivity index (χ1) is 43.6. The van der Waals surface area contributed by atoms with E-state index in [2.05, 4.69) is 197 Å². The molecule has 0 aliphatic heterocycles. The first kappa shape index (κ1) is 51.5. The molecule has 0 atom stereocenters. The van der Waals surface area contributed by atoms with E-state index < -0.39 is 0 Å². The Labute approximate surface area is 507 Å². The van der Waals surface area contributed by atoms with Gasteiger partial charge in [-0.1, -0.05) is 182 Å². The second-order valence-electron chi connectivity index (χ2n) is 22.0. The van der Waals surface area contributed by atoms with Crippen LogP contribution >= 0.6 is 0 Å². The highest BCUT2D eigenvalue weighted by atomic mass is 15.0. The lowest BCUT2D eigenvalue weighted by Gasteiger charge is -2.20. The van der Waals surface area contributed by atoms with Gasteiger partial charge in [-0.25, -0.2) is 0 Å². The van der Waals surface area contributed by atoms with E-state index in [4.69, 9.17) is 24.9 Å². The first-order valence-electron chi connectivity index (χ1n) is 29.3. The standard InChI is InChI=1S/C80H50N8/c81-49-52-21-23-57(24-22-52)80-78(87-74-45-58(62-33-37-83-70(41-62)53-13-5-1-6-14-53)25-29-66(74)67-30-26-59(46-75(67)87)63-34-38-84-71(42-63)54-15-7-2-8-16-54)50-82-51-79(80)88-76-47-60(64-35-39-85-72(43-64)55-17-9-3-10-18-55)27-31-68(76)69-32-28-61(48-77(69)88)65-36-40-86-73(44-65)56-19-11-4-12-20-56/h1-48,50-51H. The predicted octanol–water partition coefficient (Wildman–Crippen LogP) is 19.7. The van der Waals surface area contributed by atoms with Crippen molar-refractivity contribution in [2.24, 2.45) is 0 Å². The van der Waals surface area contributed by atoms with Crippen LogP contribution in [0.4, 0.5) is 0 Å². The van der Waals surface area contributed by atoms with Gasteiger partial charge >= 0.3 is 0 Å². The third kappa shape index (κ3) is 9.24. The fourth-order valence-electron chi connectivity index (χ4n) is 12.6. The van der Waals surface area contributed by atoms with Gasteiger partial charge in [-0.15, -0.1) is 0 Å². The van der Waals surface area contributed by atoms with Crippen LogP contribution < -0.4 is 0 Å². The van der Waals surface area contributed by atoms with E-state index in [0.717, 1.165) is 156 Å². The number of nitrogens with zero attached hydrogens (tertiary/aromatic N) is 8. The molecule has 9 aromatic carbocycles. The average molecular weight is 1120 g/mol. The maximum Gasteiger partial charge on any atom is 0.0991 e. The van der Waals surface area contributed by atoms with E-state index in [-0.39, 0.29) is 0 Å². The molecule has 0 aliphatic carbocycles. The molecule has 88 heavy (non-hydrogen) atoms. The summed E-state index contributed by atoms with van der Waals surface area (Å²) < 4.78 is 4.80. The van der Waals surface area contributed by atoms with Crippen LogP contribution in [-0.2, 0) is 0 Å². The van der Waals surface area contributed by atoms with Crippen LogP contribution in [0.2, 0.25) is 0 Å². The second-order valence-corrected chi connectivity index (χ2v) is 22.0. The van der Waals surface area contributed by atoms with E-state index in [0.29, 0.717) is 5.56 Å². The molecule has 8 heteroatoms. The number of aromatic nitrogens is 7. The van der Waals surface area contributed by atoms with Gasteiger partial charge in [-0.2, -0.15) is 5.26 Å². The summed E-state index contributed by atoms with van der Waals surface area (Å²) in [7, 11) is 0. The van der Waals surface area contributed by atoms with Gasteiger partial charge in [-0.3, -0.25) is 24.9 Å². The monoisotopic (exact) mass is 1120 g/mol. The van der Waals surface area contributed by atoms with Gasteiger partial charge in [0, 0.05) is 74.1 Å². The number of fused-ring (bicyclic) bond motifs is 6. The lowest BCUT2D eigenvalue weighted by atomic mass is 10.00. The van der Waals surface area contributed by atoms with E-state index in [9.17, 15) is 5.26 Å². The van der Waals surface area contributed by atoms with Crippen molar-refractivity contribution in [1.29, 1.82) is 5.26 Å². The number of rotatable bonds is 11. The molecule has 7 heterocycles. The summed E-state index contributed by atoms with van der Waals surface area (Å²) in [6.45, 7) is 0. The normalized spacial score (nSPS) is 11.4. The van der Waals surface area contributed by atoms with Crippen molar-refractivity contribution < 1.29 is 0 Å². The zero-order valence-corrected chi connectivity index (χ0v) is 47.4. The Morgan fingerprint density at radius 2 is 0.534 bits per heavy atom. The molecule has 0 aliphatic rings. The van der Waals surface area contributed by atoms with Crippen molar-refractivity contribution in [3.63, 3.8) is 0 Å². The van der Waals surface area contributed by atoms with Gasteiger partial charge in [0.05, 0.1) is 80.2 Å². The molecule has 16 aromatic rings. The molecule has 0 spiro atoms. The lowest BCUT2D eigenvalue weighted by Crippen LogP contribution is -2.05. The highest BCUT2D eigenvalue weighted by molar-refractivity contribution is 6.14. The number of hydrogen-bond donors (Lipinski definition) is 0. The Kier molecular flexibility index (Phi) is 12.7.